The zero-order valence-corrected chi connectivity index (χ0v) is 50.3. The molecular formula is C58H105N5O6S. The second-order valence-corrected chi connectivity index (χ2v) is 23.4. The first-order valence-electron chi connectivity index (χ1n) is 25.9. The van der Waals surface area contributed by atoms with Crippen molar-refractivity contribution in [3.05, 3.63) is 59.3 Å². The lowest BCUT2D eigenvalue weighted by molar-refractivity contribution is -0.139. The van der Waals surface area contributed by atoms with Crippen molar-refractivity contribution in [2.75, 3.05) is 33.0 Å². The molecule has 3 fully saturated rings. The molecular weight excluding hydrogens is 895 g/mol. The van der Waals surface area contributed by atoms with Crippen LogP contribution in [0.3, 0.4) is 0 Å². The quantitative estimate of drug-likeness (QED) is 0.0865. The van der Waals surface area contributed by atoms with Gasteiger partial charge >= 0.3 is 0 Å². The Morgan fingerprint density at radius 3 is 1.30 bits per heavy atom. The van der Waals surface area contributed by atoms with Crippen LogP contribution in [0.15, 0.2) is 69.5 Å². The maximum Gasteiger partial charge on any atom is 0.256 e. The highest BCUT2D eigenvalue weighted by atomic mass is 32.2. The number of ketones is 1. The first-order chi connectivity index (χ1) is 32.0. The molecule has 0 aliphatic carbocycles. The number of epoxide rings is 1. The van der Waals surface area contributed by atoms with Crippen LogP contribution in [0, 0.1) is 47.3 Å². The van der Waals surface area contributed by atoms with Gasteiger partial charge in [-0.05, 0) is 110 Å². The molecule has 0 bridgehead atoms. The Bertz CT molecular complexity index is 1720. The van der Waals surface area contributed by atoms with Crippen LogP contribution in [0.4, 0.5) is 0 Å². The molecule has 6 aliphatic rings. The van der Waals surface area contributed by atoms with E-state index in [-0.39, 0.29) is 53.0 Å². The number of hydrogen-bond donors (Lipinski definition) is 0. The summed E-state index contributed by atoms with van der Waals surface area (Å²) in [4.78, 5) is 59.5. The summed E-state index contributed by atoms with van der Waals surface area (Å²) in [6, 6.07) is 0.870. The number of Topliss-reactive ketones (excluding diaryl/α,β-unsaturated/α-hetero) is 1. The van der Waals surface area contributed by atoms with Crippen molar-refractivity contribution in [2.24, 2.45) is 57.6 Å². The third-order valence-corrected chi connectivity index (χ3v) is 13.3. The van der Waals surface area contributed by atoms with Crippen molar-refractivity contribution in [2.45, 2.75) is 202 Å². The number of amides is 4. The number of rotatable bonds is 11. The summed E-state index contributed by atoms with van der Waals surface area (Å²) in [5, 5.41) is 8.74. The predicted molar refractivity (Wildman–Crippen MR) is 300 cm³/mol. The Balaban J connectivity index is -0.000000727. The fraction of sp³-hybridized carbons (Fsp3) is 0.741. The first kappa shape index (κ1) is 70.8. The number of carbonyl (C=O) groups is 5. The van der Waals surface area contributed by atoms with Crippen LogP contribution in [-0.2, 0) is 28.7 Å². The SMILES string of the molecule is C=C(C)CC(C)C.CC(C)C1(C)N=N1.CC(C)C1=CC(=O)N(C)C1=O.CC(C)C1CN1C.CC(C)C1CO1.CC(C)C1CS1.CC(C)N1C(=O)C=CC1=O.CC=C(C)C(=O)C(C)C.CC=C(C)C(C)C. The number of ether oxygens (including phenoxy) is 1. The van der Waals surface area contributed by atoms with Crippen LogP contribution in [0.1, 0.15) is 173 Å². The van der Waals surface area contributed by atoms with Crippen molar-refractivity contribution in [1.82, 2.24) is 14.7 Å². The van der Waals surface area contributed by atoms with Crippen molar-refractivity contribution in [3.8, 4) is 0 Å². The van der Waals surface area contributed by atoms with E-state index in [1.807, 2.05) is 68.4 Å². The summed E-state index contributed by atoms with van der Waals surface area (Å²) < 4.78 is 4.97. The van der Waals surface area contributed by atoms with E-state index in [4.69, 9.17) is 4.74 Å². The number of allylic oxidation sites excluding steroid dienone is 5. The predicted octanol–water partition coefficient (Wildman–Crippen LogP) is 13.9. The second kappa shape index (κ2) is 35.6. The van der Waals surface area contributed by atoms with E-state index in [1.54, 1.807) is 0 Å². The fourth-order valence-corrected chi connectivity index (χ4v) is 6.59. The Hall–Kier alpha value is -3.48. The lowest BCUT2D eigenvalue weighted by Crippen LogP contribution is -2.36. The molecule has 0 aromatic rings. The molecule has 70 heavy (non-hydrogen) atoms. The lowest BCUT2D eigenvalue weighted by atomic mass is 10.0. The van der Waals surface area contributed by atoms with Gasteiger partial charge in [0.1, 0.15) is 0 Å². The summed E-state index contributed by atoms with van der Waals surface area (Å²) in [5.74, 6) is 5.76. The van der Waals surface area contributed by atoms with E-state index in [1.165, 1.54) is 60.0 Å². The largest absolute Gasteiger partial charge is 0.373 e. The molecule has 4 amide bonds. The first-order valence-corrected chi connectivity index (χ1v) is 27.0. The monoisotopic (exact) mass is 1000 g/mol. The van der Waals surface area contributed by atoms with Crippen LogP contribution in [-0.4, -0.2) is 106 Å². The molecule has 0 spiro atoms. The fourth-order valence-electron chi connectivity index (χ4n) is 5.71. The highest BCUT2D eigenvalue weighted by Gasteiger charge is 2.37. The Kier molecular flexibility index (Phi) is 36.0. The summed E-state index contributed by atoms with van der Waals surface area (Å²) in [7, 11) is 3.67. The standard InChI is InChI=1S/C8H11NO2.C8H14O.C7H9NO2.2C7H14.C6H13N.C5H10N2.C5H10O.C5H10S/c1-5(2)6-4-7(10)9(3)8(6)11;1-5-7(4)8(9)6(2)3;1-5(2)8-6(9)3-4-7(8)10;1-6(2)5-7(3)4;1-5-7(4)6(2)3;1-5(2)6-4-7(6)3;1-4(2)5(3)6-7-5;2*1-4(2)5-3-6-5/h4-5H,1-3H3;5-6H,1-4H3;3-5H,1-2H3;7H,1,5H2,2-4H3;5-6H,1-4H3;5-6H,4H2,1-3H3;4H,1-3H3;2*4-5H,3H2,1-2H3. The van der Waals surface area contributed by atoms with Gasteiger partial charge < -0.3 is 9.64 Å². The van der Waals surface area contributed by atoms with E-state index in [0.29, 0.717) is 17.6 Å². The minimum atomic E-state index is -0.210. The highest BCUT2D eigenvalue weighted by Crippen LogP contribution is 2.36. The van der Waals surface area contributed by atoms with Crippen LogP contribution in [0.25, 0.3) is 0 Å². The van der Waals surface area contributed by atoms with Crippen molar-refractivity contribution >= 4 is 41.2 Å². The summed E-state index contributed by atoms with van der Waals surface area (Å²) in [6.07, 6.45) is 9.77. The number of carbonyl (C=O) groups excluding carboxylic acids is 5. The van der Waals surface area contributed by atoms with Crippen molar-refractivity contribution < 1.29 is 28.7 Å². The van der Waals surface area contributed by atoms with E-state index >= 15 is 0 Å². The zero-order valence-electron chi connectivity index (χ0n) is 49.4. The van der Waals surface area contributed by atoms with Gasteiger partial charge in [0, 0.05) is 72.3 Å². The number of thioether (sulfide) groups is 1. The second-order valence-electron chi connectivity index (χ2n) is 22.1. The molecule has 3 saturated heterocycles. The number of nitrogens with zero attached hydrogens (tertiary/aromatic N) is 5. The molecule has 6 heterocycles. The Labute approximate surface area is 434 Å². The minimum Gasteiger partial charge on any atom is -0.373 e. The number of likely N-dealkylation sites (N-methyl/N-ethyl adjacent to an activating group) is 2. The lowest BCUT2D eigenvalue weighted by Gasteiger charge is -2.17. The maximum atomic E-state index is 11.2. The molecule has 11 nitrogen and oxygen atoms in total. The third-order valence-electron chi connectivity index (χ3n) is 12.0. The molecule has 0 aromatic heterocycles. The molecule has 404 valence electrons. The molecule has 0 radical (unpaired) electrons. The van der Waals surface area contributed by atoms with Crippen LogP contribution in [0.5, 0.6) is 0 Å². The Morgan fingerprint density at radius 1 is 0.771 bits per heavy atom. The Morgan fingerprint density at radius 2 is 1.23 bits per heavy atom. The molecule has 0 aromatic carbocycles. The van der Waals surface area contributed by atoms with Gasteiger partial charge in [0.2, 0.25) is 0 Å². The van der Waals surface area contributed by atoms with Gasteiger partial charge in [0.25, 0.3) is 23.6 Å². The van der Waals surface area contributed by atoms with Gasteiger partial charge in [-0.1, -0.05) is 134 Å². The van der Waals surface area contributed by atoms with Gasteiger partial charge in [-0.25, -0.2) is 0 Å². The van der Waals surface area contributed by atoms with E-state index < -0.39 is 0 Å². The normalized spacial score (nSPS) is 20.9. The van der Waals surface area contributed by atoms with E-state index in [2.05, 4.69) is 150 Å². The molecule has 4 atom stereocenters. The topological polar surface area (TPSA) is 132 Å². The summed E-state index contributed by atoms with van der Waals surface area (Å²) in [5.41, 5.74) is 4.23. The molecule has 12 heteroatoms. The minimum absolute atomic E-state index is 0. The molecule has 4 unspecified atom stereocenters. The highest BCUT2D eigenvalue weighted by molar-refractivity contribution is 8.06. The number of imide groups is 2. The third kappa shape index (κ3) is 33.2. The van der Waals surface area contributed by atoms with Gasteiger partial charge in [-0.3, -0.25) is 33.8 Å². The van der Waals surface area contributed by atoms with Gasteiger partial charge in [-0.15, -0.1) is 6.58 Å². The number of hydrogen-bond acceptors (Lipinski definition) is 10. The molecule has 6 aliphatic heterocycles. The van der Waals surface area contributed by atoms with Gasteiger partial charge in [0.05, 0.1) is 12.7 Å². The van der Waals surface area contributed by atoms with E-state index in [0.717, 1.165) is 58.0 Å². The average molecular weight is 1000 g/mol. The van der Waals surface area contributed by atoms with Gasteiger partial charge in [0.15, 0.2) is 11.4 Å². The summed E-state index contributed by atoms with van der Waals surface area (Å²) >= 11 is 2.08. The maximum absolute atomic E-state index is 11.2. The van der Waals surface area contributed by atoms with Crippen LogP contribution in [0.2, 0.25) is 0 Å². The van der Waals surface area contributed by atoms with Gasteiger partial charge in [-0.2, -0.15) is 22.0 Å². The van der Waals surface area contributed by atoms with E-state index in [9.17, 15) is 24.0 Å². The van der Waals surface area contributed by atoms with Crippen molar-refractivity contribution in [3.63, 3.8) is 0 Å². The smallest absolute Gasteiger partial charge is 0.256 e. The molecule has 0 N–H and O–H groups in total. The molecule has 0 saturated carbocycles. The molecule has 6 rings (SSSR count). The summed E-state index contributed by atoms with van der Waals surface area (Å²) in [6.45, 7) is 56.0. The average Bonchev–Trinajstić information content (AvgIpc) is 4.05. The van der Waals surface area contributed by atoms with Crippen LogP contribution >= 0.6 is 11.8 Å². The van der Waals surface area contributed by atoms with Crippen LogP contribution < -0.4 is 0 Å². The van der Waals surface area contributed by atoms with Crippen molar-refractivity contribution in [1.29, 1.82) is 0 Å². The zero-order chi connectivity index (χ0) is 55.5.